The van der Waals surface area contributed by atoms with Crippen LogP contribution in [0.5, 0.6) is 5.75 Å². The molecule has 0 amide bonds. The fraction of sp³-hybridized carbons (Fsp3) is 0.250. The smallest absolute Gasteiger partial charge is 0.319 e. The van der Waals surface area contributed by atoms with Crippen LogP contribution in [0.15, 0.2) is 12.1 Å². The zero-order valence-electron chi connectivity index (χ0n) is 8.34. The Bertz CT molecular complexity index is 446. The Labute approximate surface area is 89.8 Å². The van der Waals surface area contributed by atoms with Crippen LogP contribution in [0.1, 0.15) is 6.92 Å². The van der Waals surface area contributed by atoms with E-state index in [1.165, 1.54) is 0 Å². The number of hydrogen-bond acceptors (Lipinski definition) is 6. The van der Waals surface area contributed by atoms with Gasteiger partial charge in [-0.1, -0.05) is 0 Å². The second-order valence-corrected chi connectivity index (χ2v) is 2.91. The summed E-state index contributed by atoms with van der Waals surface area (Å²) in [5.41, 5.74) is -1.16. The molecule has 0 aromatic heterocycles. The maximum atomic E-state index is 10.5. The van der Waals surface area contributed by atoms with Gasteiger partial charge in [-0.15, -0.1) is 0 Å². The lowest BCUT2D eigenvalue weighted by atomic mass is 10.2. The van der Waals surface area contributed by atoms with E-state index in [1.54, 1.807) is 6.92 Å². The number of nitrogens with zero attached hydrogens (tertiary/aromatic N) is 2. The Balaban J connectivity index is 3.38. The highest BCUT2D eigenvalue weighted by Crippen LogP contribution is 2.37. The Kier molecular flexibility index (Phi) is 3.24. The van der Waals surface area contributed by atoms with Gasteiger partial charge in [-0.3, -0.25) is 20.2 Å². The molecule has 0 aliphatic rings. The number of rotatable bonds is 4. The summed E-state index contributed by atoms with van der Waals surface area (Å²) in [4.78, 5) is 19.4. The minimum atomic E-state index is -0.872. The van der Waals surface area contributed by atoms with Crippen molar-refractivity contribution >= 4 is 17.1 Å². The summed E-state index contributed by atoms with van der Waals surface area (Å²) < 4.78 is 0. The molecule has 1 aromatic rings. The third-order valence-electron chi connectivity index (χ3n) is 1.85. The van der Waals surface area contributed by atoms with E-state index >= 15 is 0 Å². The van der Waals surface area contributed by atoms with Crippen molar-refractivity contribution in [1.29, 1.82) is 0 Å². The summed E-state index contributed by atoms with van der Waals surface area (Å²) in [6.07, 6.45) is 0. The fourth-order valence-electron chi connectivity index (χ4n) is 1.17. The molecule has 86 valence electrons. The molecule has 1 rings (SSSR count). The Hall–Kier alpha value is -2.38. The van der Waals surface area contributed by atoms with Gasteiger partial charge in [0.1, 0.15) is 0 Å². The minimum absolute atomic E-state index is 0.0246. The summed E-state index contributed by atoms with van der Waals surface area (Å²) in [6.45, 7) is 2.08. The summed E-state index contributed by atoms with van der Waals surface area (Å²) >= 11 is 0. The standard InChI is InChI=1S/C8H9N3O5/c1-2-9-6-3-5(10(13)14)4-7(8(6)12)11(15)16/h3-4,9,12H,2H2,1H3. The third-order valence-corrected chi connectivity index (χ3v) is 1.85. The normalized spacial score (nSPS) is 9.81. The number of non-ortho nitro benzene ring substituents is 1. The highest BCUT2D eigenvalue weighted by atomic mass is 16.6. The number of nitro benzene ring substituents is 2. The van der Waals surface area contributed by atoms with Crippen LogP contribution >= 0.6 is 0 Å². The van der Waals surface area contributed by atoms with Crippen LogP contribution in [0.3, 0.4) is 0 Å². The van der Waals surface area contributed by atoms with E-state index in [1.807, 2.05) is 0 Å². The SMILES string of the molecule is CCNc1cc([N+](=O)[O-])cc([N+](=O)[O-])c1O. The molecule has 0 fully saturated rings. The predicted molar refractivity (Wildman–Crippen MR) is 55.6 cm³/mol. The maximum Gasteiger partial charge on any atom is 0.319 e. The number of nitrogens with one attached hydrogen (secondary N) is 1. The lowest BCUT2D eigenvalue weighted by Crippen LogP contribution is -2.00. The lowest BCUT2D eigenvalue weighted by molar-refractivity contribution is -0.394. The number of nitro groups is 2. The van der Waals surface area contributed by atoms with E-state index in [0.717, 1.165) is 12.1 Å². The number of aromatic hydroxyl groups is 1. The molecule has 0 saturated carbocycles. The van der Waals surface area contributed by atoms with E-state index in [2.05, 4.69) is 5.32 Å². The van der Waals surface area contributed by atoms with Gasteiger partial charge in [0.15, 0.2) is 0 Å². The predicted octanol–water partition coefficient (Wildman–Crippen LogP) is 1.64. The molecule has 0 saturated heterocycles. The molecule has 0 spiro atoms. The van der Waals surface area contributed by atoms with Gasteiger partial charge in [0.05, 0.1) is 21.6 Å². The molecule has 0 aliphatic heterocycles. The summed E-state index contributed by atoms with van der Waals surface area (Å²) in [6, 6.07) is 1.77. The number of hydrogen-bond donors (Lipinski definition) is 2. The topological polar surface area (TPSA) is 119 Å². The van der Waals surface area contributed by atoms with Gasteiger partial charge in [-0.25, -0.2) is 0 Å². The molecule has 0 heterocycles. The van der Waals surface area contributed by atoms with Gasteiger partial charge in [0.25, 0.3) is 5.69 Å². The fourth-order valence-corrected chi connectivity index (χ4v) is 1.17. The van der Waals surface area contributed by atoms with Crippen LogP contribution in [0.25, 0.3) is 0 Å². The lowest BCUT2D eigenvalue weighted by Gasteiger charge is -2.05. The van der Waals surface area contributed by atoms with Crippen LogP contribution < -0.4 is 5.32 Å². The molecule has 1 aromatic carbocycles. The average Bonchev–Trinajstić information content (AvgIpc) is 2.20. The number of anilines is 1. The zero-order valence-corrected chi connectivity index (χ0v) is 8.34. The molecule has 8 heteroatoms. The maximum absolute atomic E-state index is 10.5. The van der Waals surface area contributed by atoms with Crippen molar-refractivity contribution < 1.29 is 15.0 Å². The number of phenols is 1. The van der Waals surface area contributed by atoms with E-state index < -0.39 is 27.0 Å². The highest BCUT2D eigenvalue weighted by molar-refractivity contribution is 5.70. The highest BCUT2D eigenvalue weighted by Gasteiger charge is 2.23. The molecule has 0 radical (unpaired) electrons. The van der Waals surface area contributed by atoms with Crippen molar-refractivity contribution in [1.82, 2.24) is 0 Å². The van der Waals surface area contributed by atoms with E-state index in [9.17, 15) is 25.3 Å². The molecule has 16 heavy (non-hydrogen) atoms. The summed E-state index contributed by atoms with van der Waals surface area (Å²) in [5, 5.41) is 33.1. The number of phenolic OH excluding ortho intramolecular Hbond substituents is 1. The number of benzene rings is 1. The quantitative estimate of drug-likeness (QED) is 0.458. The van der Waals surface area contributed by atoms with Crippen LogP contribution in [0, 0.1) is 20.2 Å². The Morgan fingerprint density at radius 3 is 2.38 bits per heavy atom. The van der Waals surface area contributed by atoms with Crippen molar-refractivity contribution in [2.75, 3.05) is 11.9 Å². The van der Waals surface area contributed by atoms with Gasteiger partial charge >= 0.3 is 5.69 Å². The molecule has 0 atom stereocenters. The Morgan fingerprint density at radius 1 is 1.31 bits per heavy atom. The first-order chi connectivity index (χ1) is 7.47. The van der Waals surface area contributed by atoms with E-state index in [4.69, 9.17) is 0 Å². The largest absolute Gasteiger partial charge is 0.501 e. The van der Waals surface area contributed by atoms with Gasteiger partial charge in [-0.05, 0) is 6.92 Å². The minimum Gasteiger partial charge on any atom is -0.501 e. The molecular formula is C8H9N3O5. The van der Waals surface area contributed by atoms with Gasteiger partial charge in [0, 0.05) is 12.6 Å². The molecule has 8 nitrogen and oxygen atoms in total. The monoisotopic (exact) mass is 227 g/mol. The first-order valence-electron chi connectivity index (χ1n) is 4.37. The van der Waals surface area contributed by atoms with Crippen molar-refractivity contribution in [2.45, 2.75) is 6.92 Å². The molecule has 0 unspecified atom stereocenters. The van der Waals surface area contributed by atoms with Crippen LogP contribution in [0.2, 0.25) is 0 Å². The van der Waals surface area contributed by atoms with Crippen molar-refractivity contribution in [3.63, 3.8) is 0 Å². The van der Waals surface area contributed by atoms with Crippen molar-refractivity contribution in [3.8, 4) is 5.75 Å². The van der Waals surface area contributed by atoms with E-state index in [0.29, 0.717) is 6.54 Å². The van der Waals surface area contributed by atoms with Gasteiger partial charge < -0.3 is 10.4 Å². The van der Waals surface area contributed by atoms with Gasteiger partial charge in [-0.2, -0.15) is 0 Å². The zero-order chi connectivity index (χ0) is 12.3. The average molecular weight is 227 g/mol. The van der Waals surface area contributed by atoms with Crippen molar-refractivity contribution in [2.24, 2.45) is 0 Å². The van der Waals surface area contributed by atoms with Crippen LogP contribution in [-0.4, -0.2) is 21.5 Å². The molecule has 0 aliphatic carbocycles. The first kappa shape index (κ1) is 11.7. The van der Waals surface area contributed by atoms with E-state index in [-0.39, 0.29) is 5.69 Å². The van der Waals surface area contributed by atoms with Gasteiger partial charge in [0.2, 0.25) is 5.75 Å². The summed E-state index contributed by atoms with van der Waals surface area (Å²) in [7, 11) is 0. The second kappa shape index (κ2) is 4.43. The third kappa shape index (κ3) is 2.16. The van der Waals surface area contributed by atoms with Crippen LogP contribution in [-0.2, 0) is 0 Å². The molecule has 2 N–H and O–H groups in total. The molecule has 0 bridgehead atoms. The second-order valence-electron chi connectivity index (χ2n) is 2.91. The van der Waals surface area contributed by atoms with Crippen LogP contribution in [0.4, 0.5) is 17.1 Å². The molecular weight excluding hydrogens is 218 g/mol. The van der Waals surface area contributed by atoms with Crippen molar-refractivity contribution in [3.05, 3.63) is 32.4 Å². The summed E-state index contributed by atoms with van der Waals surface area (Å²) in [5.74, 6) is -0.600. The first-order valence-corrected chi connectivity index (χ1v) is 4.37. The Morgan fingerprint density at radius 2 is 1.94 bits per heavy atom.